The van der Waals surface area contributed by atoms with Crippen LogP contribution in [0.4, 0.5) is 0 Å². The van der Waals surface area contributed by atoms with Crippen molar-refractivity contribution in [2.75, 3.05) is 19.6 Å². The Morgan fingerprint density at radius 2 is 2.04 bits per heavy atom. The lowest BCUT2D eigenvalue weighted by Crippen LogP contribution is -2.48. The fraction of sp³-hybridized carbons (Fsp3) is 0.783. The van der Waals surface area contributed by atoms with Gasteiger partial charge in [0.25, 0.3) is 0 Å². The van der Waals surface area contributed by atoms with Crippen LogP contribution in [-0.2, 0) is 9.53 Å². The molecule has 2 aliphatic rings. The first kappa shape index (κ1) is 23.1. The van der Waals surface area contributed by atoms with E-state index in [2.05, 4.69) is 56.7 Å². The molecule has 2 rings (SSSR count). The lowest BCUT2D eigenvalue weighted by molar-refractivity contribution is -0.128. The summed E-state index contributed by atoms with van der Waals surface area (Å²) in [6, 6.07) is 0.811. The molecule has 1 unspecified atom stereocenters. The van der Waals surface area contributed by atoms with E-state index in [1.165, 1.54) is 11.1 Å². The molecular weight excluding hydrogens is 350 g/mol. The molecule has 0 aromatic rings. The van der Waals surface area contributed by atoms with Gasteiger partial charge in [0.15, 0.2) is 6.29 Å². The van der Waals surface area contributed by atoms with Gasteiger partial charge in [0, 0.05) is 25.2 Å². The predicted molar refractivity (Wildman–Crippen MR) is 116 cm³/mol. The smallest absolute Gasteiger partial charge is 0.165 e. The highest BCUT2D eigenvalue weighted by Crippen LogP contribution is 2.24. The number of nitrogens with one attached hydrogen (secondary N) is 2. The molecule has 2 atom stereocenters. The number of allylic oxidation sites excluding steroid dienone is 1. The summed E-state index contributed by atoms with van der Waals surface area (Å²) in [6.07, 6.45) is 7.38. The van der Waals surface area contributed by atoms with Crippen LogP contribution in [0.1, 0.15) is 73.1 Å². The molecule has 1 fully saturated rings. The monoisotopic (exact) mass is 391 g/mol. The molecule has 0 radical (unpaired) electrons. The number of carbonyl (C=O) groups excluding carboxylic acids is 1. The fourth-order valence-electron chi connectivity index (χ4n) is 4.23. The van der Waals surface area contributed by atoms with E-state index in [1.54, 1.807) is 0 Å². The Morgan fingerprint density at radius 1 is 1.36 bits per heavy atom. The molecule has 2 N–H and O–H groups in total. The average molecular weight is 392 g/mol. The van der Waals surface area contributed by atoms with Crippen molar-refractivity contribution in [2.45, 2.75) is 97.1 Å². The summed E-state index contributed by atoms with van der Waals surface area (Å²) in [7, 11) is 0. The number of hydrogen-bond donors (Lipinski definition) is 2. The number of piperidine rings is 1. The Labute approximate surface area is 172 Å². The van der Waals surface area contributed by atoms with Crippen molar-refractivity contribution < 1.29 is 9.53 Å². The normalized spacial score (nSPS) is 23.4. The van der Waals surface area contributed by atoms with Crippen LogP contribution in [0.5, 0.6) is 0 Å². The minimum Gasteiger partial charge on any atom is -0.376 e. The first-order valence-electron chi connectivity index (χ1n) is 11.0. The Kier molecular flexibility index (Phi) is 8.72. The molecule has 28 heavy (non-hydrogen) atoms. The molecule has 0 spiro atoms. The number of aldehydes is 1. The van der Waals surface area contributed by atoms with E-state index in [9.17, 15) is 4.79 Å². The van der Waals surface area contributed by atoms with E-state index in [0.717, 1.165) is 70.1 Å². The molecule has 0 aromatic carbocycles. The Balaban J connectivity index is 1.73. The largest absolute Gasteiger partial charge is 0.376 e. The minimum absolute atomic E-state index is 0.102. The summed E-state index contributed by atoms with van der Waals surface area (Å²) in [5, 5.41) is 7.10. The van der Waals surface area contributed by atoms with Crippen LogP contribution in [0.3, 0.4) is 0 Å². The van der Waals surface area contributed by atoms with Gasteiger partial charge in [0.2, 0.25) is 0 Å². The maximum Gasteiger partial charge on any atom is 0.165 e. The highest BCUT2D eigenvalue weighted by Gasteiger charge is 2.26. The summed E-state index contributed by atoms with van der Waals surface area (Å²) in [5.74, 6) is 0. The van der Waals surface area contributed by atoms with Gasteiger partial charge in [-0.25, -0.2) is 0 Å². The third kappa shape index (κ3) is 7.02. The summed E-state index contributed by atoms with van der Waals surface area (Å²) < 4.78 is 6.08. The molecule has 0 bridgehead atoms. The van der Waals surface area contributed by atoms with E-state index in [1.807, 2.05) is 0 Å². The molecule has 2 heterocycles. The Hall–Kier alpha value is -1.17. The number of nitrogens with zero attached hydrogens (tertiary/aromatic N) is 1. The van der Waals surface area contributed by atoms with Crippen LogP contribution in [0, 0.1) is 0 Å². The lowest BCUT2D eigenvalue weighted by Gasteiger charge is -2.38. The van der Waals surface area contributed by atoms with E-state index < -0.39 is 0 Å². The number of carbonyl (C=O) groups is 1. The Bertz CT molecular complexity index is 557. The van der Waals surface area contributed by atoms with Crippen molar-refractivity contribution >= 4 is 6.29 Å². The first-order valence-corrected chi connectivity index (χ1v) is 11.0. The fourth-order valence-corrected chi connectivity index (χ4v) is 4.23. The van der Waals surface area contributed by atoms with Gasteiger partial charge in [0.1, 0.15) is 6.23 Å². The van der Waals surface area contributed by atoms with Crippen molar-refractivity contribution in [1.29, 1.82) is 0 Å². The van der Waals surface area contributed by atoms with Crippen molar-refractivity contribution in [1.82, 2.24) is 15.5 Å². The molecular formula is C23H41N3O2. The van der Waals surface area contributed by atoms with Crippen molar-refractivity contribution in [3.8, 4) is 0 Å². The number of rotatable bonds is 9. The van der Waals surface area contributed by atoms with E-state index in [4.69, 9.17) is 4.74 Å². The molecule has 1 saturated heterocycles. The third-order valence-electron chi connectivity index (χ3n) is 5.94. The van der Waals surface area contributed by atoms with Crippen LogP contribution >= 0.6 is 0 Å². The third-order valence-corrected chi connectivity index (χ3v) is 5.94. The minimum atomic E-state index is -0.102. The summed E-state index contributed by atoms with van der Waals surface area (Å²) >= 11 is 0. The highest BCUT2D eigenvalue weighted by molar-refractivity contribution is 5.74. The van der Waals surface area contributed by atoms with Gasteiger partial charge in [-0.2, -0.15) is 0 Å². The van der Waals surface area contributed by atoms with Gasteiger partial charge in [-0.3, -0.25) is 9.69 Å². The van der Waals surface area contributed by atoms with E-state index >= 15 is 0 Å². The number of ether oxygens (including phenoxy) is 1. The molecule has 5 nitrogen and oxygen atoms in total. The second-order valence-corrected chi connectivity index (χ2v) is 9.23. The summed E-state index contributed by atoms with van der Waals surface area (Å²) in [6.45, 7) is 17.8. The SMILES string of the molecule is C=C(CC)C1CCC(CCNC2CCN([C@@H](C)OC(C)(C)C)CC2)=C(C=O)N1. The number of hydrogen-bond acceptors (Lipinski definition) is 5. The quantitative estimate of drug-likeness (QED) is 0.463. The maximum absolute atomic E-state index is 11.5. The van der Waals surface area contributed by atoms with Gasteiger partial charge in [0.05, 0.1) is 11.3 Å². The maximum atomic E-state index is 11.5. The van der Waals surface area contributed by atoms with Crippen LogP contribution in [0.15, 0.2) is 23.4 Å². The van der Waals surface area contributed by atoms with Gasteiger partial charge in [-0.05, 0) is 78.3 Å². The molecule has 2 aliphatic heterocycles. The predicted octanol–water partition coefficient (Wildman–Crippen LogP) is 3.76. The van der Waals surface area contributed by atoms with Crippen molar-refractivity contribution in [3.05, 3.63) is 23.4 Å². The van der Waals surface area contributed by atoms with E-state index in [-0.39, 0.29) is 17.9 Å². The summed E-state index contributed by atoms with van der Waals surface area (Å²) in [4.78, 5) is 13.9. The van der Waals surface area contributed by atoms with Gasteiger partial charge in [-0.1, -0.05) is 19.1 Å². The van der Waals surface area contributed by atoms with Gasteiger partial charge in [-0.15, -0.1) is 0 Å². The molecule has 5 heteroatoms. The Morgan fingerprint density at radius 3 is 2.61 bits per heavy atom. The zero-order valence-electron chi connectivity index (χ0n) is 18.6. The summed E-state index contributed by atoms with van der Waals surface area (Å²) in [5.41, 5.74) is 3.13. The molecule has 0 aliphatic carbocycles. The standard InChI is InChI=1S/C23H41N3O2/c1-7-17(2)21-9-8-19(22(16-27)25-21)10-13-24-20-11-14-26(15-12-20)18(3)28-23(4,5)6/h16,18,20-21,24-25H,2,7-15H2,1,3-6H3/t18-,21?/m1/s1. The van der Waals surface area contributed by atoms with Gasteiger partial charge >= 0.3 is 0 Å². The highest BCUT2D eigenvalue weighted by atomic mass is 16.5. The zero-order chi connectivity index (χ0) is 20.7. The second-order valence-electron chi connectivity index (χ2n) is 9.23. The van der Waals surface area contributed by atoms with Crippen molar-refractivity contribution in [3.63, 3.8) is 0 Å². The van der Waals surface area contributed by atoms with E-state index in [0.29, 0.717) is 6.04 Å². The van der Waals surface area contributed by atoms with Gasteiger partial charge < -0.3 is 15.4 Å². The average Bonchev–Trinajstić information content (AvgIpc) is 2.66. The molecule has 0 amide bonds. The molecule has 160 valence electrons. The topological polar surface area (TPSA) is 53.6 Å². The van der Waals surface area contributed by atoms with Crippen LogP contribution in [-0.4, -0.2) is 54.7 Å². The second kappa shape index (κ2) is 10.6. The van der Waals surface area contributed by atoms with Crippen LogP contribution in [0.2, 0.25) is 0 Å². The first-order chi connectivity index (χ1) is 13.2. The zero-order valence-corrected chi connectivity index (χ0v) is 18.6. The van der Waals surface area contributed by atoms with Crippen molar-refractivity contribution in [2.24, 2.45) is 0 Å². The molecule has 0 aromatic heterocycles. The number of likely N-dealkylation sites (tertiary alicyclic amines) is 1. The molecule has 0 saturated carbocycles. The lowest BCUT2D eigenvalue weighted by atomic mass is 9.91. The van der Waals surface area contributed by atoms with Crippen LogP contribution < -0.4 is 10.6 Å². The van der Waals surface area contributed by atoms with Crippen LogP contribution in [0.25, 0.3) is 0 Å².